The fraction of sp³-hybridized carbons (Fsp3) is 0.158. The average molecular weight is 357 g/mol. The molecule has 3 rings (SSSR count). The zero-order chi connectivity index (χ0) is 17.1. The second-order valence-electron chi connectivity index (χ2n) is 5.66. The zero-order valence-electron chi connectivity index (χ0n) is 13.5. The Kier molecular flexibility index (Phi) is 4.97. The van der Waals surface area contributed by atoms with Gasteiger partial charge < -0.3 is 5.32 Å². The number of carbonyl (C=O) groups excluding carboxylic acids is 1. The van der Waals surface area contributed by atoms with E-state index >= 15 is 0 Å². The van der Waals surface area contributed by atoms with Gasteiger partial charge in [-0.1, -0.05) is 52.8 Å². The van der Waals surface area contributed by atoms with Gasteiger partial charge in [-0.15, -0.1) is 0 Å². The fourth-order valence-corrected chi connectivity index (χ4v) is 3.42. The summed E-state index contributed by atoms with van der Waals surface area (Å²) in [6.07, 6.45) is 1.91. The van der Waals surface area contributed by atoms with Crippen LogP contribution in [0.3, 0.4) is 0 Å². The van der Waals surface area contributed by atoms with Crippen LogP contribution >= 0.6 is 22.9 Å². The fourth-order valence-electron chi connectivity index (χ4n) is 2.36. The number of nitrogens with zero attached hydrogens (tertiary/aromatic N) is 1. The van der Waals surface area contributed by atoms with E-state index in [2.05, 4.69) is 10.3 Å². The van der Waals surface area contributed by atoms with Gasteiger partial charge in [0.1, 0.15) is 0 Å². The number of benzene rings is 2. The van der Waals surface area contributed by atoms with E-state index in [0.717, 1.165) is 16.8 Å². The van der Waals surface area contributed by atoms with Crippen LogP contribution < -0.4 is 5.32 Å². The summed E-state index contributed by atoms with van der Waals surface area (Å²) >= 11 is 7.57. The van der Waals surface area contributed by atoms with E-state index in [9.17, 15) is 4.79 Å². The quantitative estimate of drug-likeness (QED) is 0.606. The predicted molar refractivity (Wildman–Crippen MR) is 101 cm³/mol. The van der Waals surface area contributed by atoms with E-state index in [1.165, 1.54) is 16.9 Å². The summed E-state index contributed by atoms with van der Waals surface area (Å²) in [6, 6.07) is 13.7. The minimum atomic E-state index is 0.0284. The molecule has 1 N–H and O–H groups in total. The molecule has 0 fully saturated rings. The van der Waals surface area contributed by atoms with Gasteiger partial charge in [0.25, 0.3) is 0 Å². The lowest BCUT2D eigenvalue weighted by molar-refractivity contribution is 0.0996. The van der Waals surface area contributed by atoms with Crippen LogP contribution in [-0.2, 0) is 6.42 Å². The number of hydrogen-bond donors (Lipinski definition) is 1. The van der Waals surface area contributed by atoms with E-state index in [-0.39, 0.29) is 12.2 Å². The van der Waals surface area contributed by atoms with Crippen molar-refractivity contribution in [3.05, 3.63) is 75.3 Å². The molecule has 0 bridgehead atoms. The van der Waals surface area contributed by atoms with Crippen LogP contribution in [-0.4, -0.2) is 10.8 Å². The van der Waals surface area contributed by atoms with Gasteiger partial charge in [0.2, 0.25) is 0 Å². The number of aromatic nitrogens is 1. The summed E-state index contributed by atoms with van der Waals surface area (Å²) in [6.45, 7) is 4.01. The molecule has 0 spiro atoms. The van der Waals surface area contributed by atoms with Gasteiger partial charge >= 0.3 is 0 Å². The monoisotopic (exact) mass is 356 g/mol. The van der Waals surface area contributed by atoms with Gasteiger partial charge in [-0.25, -0.2) is 4.98 Å². The second kappa shape index (κ2) is 7.16. The Balaban J connectivity index is 1.73. The Morgan fingerprint density at radius 1 is 1.17 bits per heavy atom. The highest BCUT2D eigenvalue weighted by atomic mass is 35.5. The smallest absolute Gasteiger partial charge is 0.187 e. The number of nitrogens with one attached hydrogen (secondary N) is 1. The Morgan fingerprint density at radius 3 is 2.62 bits per heavy atom. The van der Waals surface area contributed by atoms with Crippen LogP contribution in [0.1, 0.15) is 26.4 Å². The summed E-state index contributed by atoms with van der Waals surface area (Å²) in [5.74, 6) is 0.0284. The maximum absolute atomic E-state index is 12.5. The summed E-state index contributed by atoms with van der Waals surface area (Å²) in [4.78, 5) is 17.4. The molecule has 0 unspecified atom stereocenters. The van der Waals surface area contributed by atoms with Crippen molar-refractivity contribution in [3.8, 4) is 0 Å². The number of thiazole rings is 1. The molecule has 3 nitrogen and oxygen atoms in total. The highest BCUT2D eigenvalue weighted by Gasteiger charge is 2.14. The molecule has 24 heavy (non-hydrogen) atoms. The standard InChI is InChI=1S/C19H17ClN2OS/c1-12-6-8-14(9-7-12)22-19-21-11-18(24-19)17(23)10-15-13(2)4-3-5-16(15)20/h3-9,11H,10H2,1-2H3,(H,21,22). The van der Waals surface area contributed by atoms with Crippen LogP contribution in [0.25, 0.3) is 0 Å². The molecule has 0 atom stereocenters. The van der Waals surface area contributed by atoms with E-state index in [1.807, 2.05) is 56.3 Å². The Hall–Kier alpha value is -2.17. The maximum atomic E-state index is 12.5. The molecule has 2 aromatic carbocycles. The van der Waals surface area contributed by atoms with Gasteiger partial charge in [-0.05, 0) is 43.2 Å². The first-order valence-corrected chi connectivity index (χ1v) is 8.79. The molecule has 0 aliphatic rings. The number of aryl methyl sites for hydroxylation is 2. The van der Waals surface area contributed by atoms with Crippen molar-refractivity contribution in [1.29, 1.82) is 0 Å². The SMILES string of the molecule is Cc1ccc(Nc2ncc(C(=O)Cc3c(C)cccc3Cl)s2)cc1. The molecule has 3 aromatic rings. The van der Waals surface area contributed by atoms with E-state index < -0.39 is 0 Å². The van der Waals surface area contributed by atoms with Gasteiger partial charge in [0.05, 0.1) is 11.1 Å². The maximum Gasteiger partial charge on any atom is 0.187 e. The summed E-state index contributed by atoms with van der Waals surface area (Å²) in [5, 5.41) is 4.56. The Morgan fingerprint density at radius 2 is 1.92 bits per heavy atom. The van der Waals surface area contributed by atoms with Crippen LogP contribution in [0.2, 0.25) is 5.02 Å². The third-order valence-corrected chi connectivity index (χ3v) is 5.08. The lowest BCUT2D eigenvalue weighted by Crippen LogP contribution is -2.03. The first kappa shape index (κ1) is 16.7. The van der Waals surface area contributed by atoms with Crippen molar-refractivity contribution in [3.63, 3.8) is 0 Å². The van der Waals surface area contributed by atoms with Gasteiger partial charge in [-0.3, -0.25) is 4.79 Å². The third-order valence-electron chi connectivity index (χ3n) is 3.77. The highest BCUT2D eigenvalue weighted by molar-refractivity contribution is 7.17. The molecule has 5 heteroatoms. The molecular weight excluding hydrogens is 340 g/mol. The topological polar surface area (TPSA) is 42.0 Å². The third kappa shape index (κ3) is 3.83. The van der Waals surface area contributed by atoms with E-state index in [0.29, 0.717) is 15.0 Å². The predicted octanol–water partition coefficient (Wildman–Crippen LogP) is 5.58. The molecule has 0 aliphatic heterocycles. The van der Waals surface area contributed by atoms with Crippen molar-refractivity contribution in [2.24, 2.45) is 0 Å². The van der Waals surface area contributed by atoms with Crippen LogP contribution in [0.5, 0.6) is 0 Å². The Bertz CT molecular complexity index is 851. The minimum Gasteiger partial charge on any atom is -0.332 e. The first-order valence-electron chi connectivity index (χ1n) is 7.59. The summed E-state index contributed by atoms with van der Waals surface area (Å²) < 4.78 is 0. The lowest BCUT2D eigenvalue weighted by atomic mass is 10.0. The number of hydrogen-bond acceptors (Lipinski definition) is 4. The molecule has 1 aromatic heterocycles. The first-order chi connectivity index (χ1) is 11.5. The molecule has 0 radical (unpaired) electrons. The van der Waals surface area contributed by atoms with Crippen LogP contribution in [0, 0.1) is 13.8 Å². The summed E-state index contributed by atoms with van der Waals surface area (Å²) in [5.41, 5.74) is 4.06. The molecule has 1 heterocycles. The number of Topliss-reactive ketones (excluding diaryl/α,β-unsaturated/α-hetero) is 1. The molecule has 122 valence electrons. The number of halogens is 1. The molecule has 0 saturated carbocycles. The van der Waals surface area contributed by atoms with E-state index in [4.69, 9.17) is 11.6 Å². The minimum absolute atomic E-state index is 0.0284. The normalized spacial score (nSPS) is 10.6. The Labute approximate surface area is 150 Å². The second-order valence-corrected chi connectivity index (χ2v) is 7.09. The number of carbonyl (C=O) groups is 1. The number of anilines is 2. The lowest BCUT2D eigenvalue weighted by Gasteiger charge is -2.06. The molecule has 0 amide bonds. The van der Waals surface area contributed by atoms with Gasteiger partial charge in [0, 0.05) is 17.1 Å². The van der Waals surface area contributed by atoms with Crippen molar-refractivity contribution in [2.45, 2.75) is 20.3 Å². The number of ketones is 1. The van der Waals surface area contributed by atoms with Crippen molar-refractivity contribution >= 4 is 39.5 Å². The summed E-state index contributed by atoms with van der Waals surface area (Å²) in [7, 11) is 0. The van der Waals surface area contributed by atoms with Crippen molar-refractivity contribution in [2.75, 3.05) is 5.32 Å². The molecule has 0 aliphatic carbocycles. The van der Waals surface area contributed by atoms with Crippen molar-refractivity contribution in [1.82, 2.24) is 4.98 Å². The van der Waals surface area contributed by atoms with E-state index in [1.54, 1.807) is 6.20 Å². The van der Waals surface area contributed by atoms with Gasteiger partial charge in [-0.2, -0.15) is 0 Å². The molecular formula is C19H17ClN2OS. The van der Waals surface area contributed by atoms with Crippen LogP contribution in [0.15, 0.2) is 48.7 Å². The van der Waals surface area contributed by atoms with Gasteiger partial charge in [0.15, 0.2) is 10.9 Å². The largest absolute Gasteiger partial charge is 0.332 e. The average Bonchev–Trinajstić information content (AvgIpc) is 3.02. The number of rotatable bonds is 5. The highest BCUT2D eigenvalue weighted by Crippen LogP contribution is 2.26. The zero-order valence-corrected chi connectivity index (χ0v) is 15.0. The van der Waals surface area contributed by atoms with Crippen molar-refractivity contribution < 1.29 is 4.79 Å². The molecule has 0 saturated heterocycles. The van der Waals surface area contributed by atoms with Crippen LogP contribution in [0.4, 0.5) is 10.8 Å².